The molecule has 3 aromatic heterocycles. The molecule has 0 fully saturated rings. The highest BCUT2D eigenvalue weighted by molar-refractivity contribution is 6.00. The Morgan fingerprint density at radius 2 is 1.82 bits per heavy atom. The van der Waals surface area contributed by atoms with Crippen LogP contribution in [0.5, 0.6) is 0 Å². The number of rotatable bonds is 8. The molecule has 4 heterocycles. The van der Waals surface area contributed by atoms with Crippen LogP contribution in [0.2, 0.25) is 0 Å². The second-order valence-corrected chi connectivity index (χ2v) is 9.87. The molecule has 0 radical (unpaired) electrons. The van der Waals surface area contributed by atoms with Crippen molar-refractivity contribution in [2.45, 2.75) is 25.4 Å². The summed E-state index contributed by atoms with van der Waals surface area (Å²) in [4.78, 5) is 30.1. The fourth-order valence-corrected chi connectivity index (χ4v) is 4.63. The summed E-state index contributed by atoms with van der Waals surface area (Å²) in [5.74, 6) is 1.22. The third kappa shape index (κ3) is 4.85. The van der Waals surface area contributed by atoms with Crippen molar-refractivity contribution in [2.24, 2.45) is 0 Å². The third-order valence-corrected chi connectivity index (χ3v) is 6.70. The summed E-state index contributed by atoms with van der Waals surface area (Å²) >= 11 is 0. The van der Waals surface area contributed by atoms with Crippen molar-refractivity contribution in [3.63, 3.8) is 0 Å². The number of amides is 1. The van der Waals surface area contributed by atoms with E-state index in [1.165, 1.54) is 0 Å². The van der Waals surface area contributed by atoms with Gasteiger partial charge in [-0.25, -0.2) is 4.98 Å². The van der Waals surface area contributed by atoms with Crippen LogP contribution in [-0.2, 0) is 5.54 Å². The molecule has 200 valence electrons. The molecule has 40 heavy (non-hydrogen) atoms. The van der Waals surface area contributed by atoms with Gasteiger partial charge in [0.1, 0.15) is 11.4 Å². The number of hydrogen-bond acceptors (Lipinski definition) is 10. The van der Waals surface area contributed by atoms with E-state index in [2.05, 4.69) is 36.1 Å². The first-order valence-electron chi connectivity index (χ1n) is 12.7. The van der Waals surface area contributed by atoms with Gasteiger partial charge in [0.25, 0.3) is 11.8 Å². The highest BCUT2D eigenvalue weighted by atomic mass is 16.5. The van der Waals surface area contributed by atoms with Gasteiger partial charge in [0.2, 0.25) is 11.8 Å². The first-order chi connectivity index (χ1) is 19.4. The molecule has 0 bridgehead atoms. The number of anilines is 3. The summed E-state index contributed by atoms with van der Waals surface area (Å²) in [7, 11) is 0. The number of aliphatic hydroxyl groups is 1. The van der Waals surface area contributed by atoms with Gasteiger partial charge < -0.3 is 25.6 Å². The Hall–Kier alpha value is -5.16. The van der Waals surface area contributed by atoms with Crippen LogP contribution in [0.4, 0.5) is 17.5 Å². The van der Waals surface area contributed by atoms with Crippen molar-refractivity contribution in [3.05, 3.63) is 95.9 Å². The Kier molecular flexibility index (Phi) is 6.40. The molecule has 0 unspecified atom stereocenters. The van der Waals surface area contributed by atoms with Crippen LogP contribution < -0.4 is 16.0 Å². The van der Waals surface area contributed by atoms with Gasteiger partial charge >= 0.3 is 0 Å². The molecule has 6 rings (SSSR count). The third-order valence-electron chi connectivity index (χ3n) is 6.70. The average molecular weight is 535 g/mol. The molecule has 0 saturated carbocycles. The van der Waals surface area contributed by atoms with Crippen LogP contribution in [0, 0.1) is 0 Å². The zero-order valence-corrected chi connectivity index (χ0v) is 21.8. The summed E-state index contributed by atoms with van der Waals surface area (Å²) in [5, 5.41) is 23.8. The normalized spacial score (nSPS) is 14.3. The van der Waals surface area contributed by atoms with E-state index in [1.807, 2.05) is 56.3 Å². The number of nitrogens with one attached hydrogen (secondary N) is 3. The SMILES string of the molecule is CC1(C)NC(=O)c2ccc(Nc3ncc(-c4nc(-c5ccncc5)no4)c(N[C@H](CO)c4ccccc4)n3)cc21. The molecule has 1 aliphatic heterocycles. The smallest absolute Gasteiger partial charge is 0.263 e. The van der Waals surface area contributed by atoms with E-state index in [0.717, 1.165) is 22.4 Å². The van der Waals surface area contributed by atoms with E-state index in [1.54, 1.807) is 36.8 Å². The van der Waals surface area contributed by atoms with E-state index < -0.39 is 11.6 Å². The highest BCUT2D eigenvalue weighted by Gasteiger charge is 2.35. The first-order valence-corrected chi connectivity index (χ1v) is 12.7. The molecule has 1 amide bonds. The molecule has 0 spiro atoms. The minimum absolute atomic E-state index is 0.0970. The maximum absolute atomic E-state index is 12.3. The number of benzene rings is 2. The van der Waals surface area contributed by atoms with E-state index in [9.17, 15) is 9.90 Å². The van der Waals surface area contributed by atoms with Crippen molar-refractivity contribution in [2.75, 3.05) is 17.2 Å². The van der Waals surface area contributed by atoms with Gasteiger partial charge in [0.05, 0.1) is 18.2 Å². The predicted octanol–water partition coefficient (Wildman–Crippen LogP) is 4.46. The van der Waals surface area contributed by atoms with Gasteiger partial charge in [0.15, 0.2) is 0 Å². The number of hydrogen-bond donors (Lipinski definition) is 4. The second kappa shape index (κ2) is 10.2. The zero-order valence-electron chi connectivity index (χ0n) is 21.8. The van der Waals surface area contributed by atoms with Crippen LogP contribution in [0.3, 0.4) is 0 Å². The lowest BCUT2D eigenvalue weighted by Gasteiger charge is -2.20. The summed E-state index contributed by atoms with van der Waals surface area (Å²) in [5.41, 5.74) is 3.87. The van der Waals surface area contributed by atoms with Gasteiger partial charge in [0, 0.05) is 35.4 Å². The number of carbonyl (C=O) groups is 1. The topological polar surface area (TPSA) is 151 Å². The van der Waals surface area contributed by atoms with Crippen LogP contribution in [-0.4, -0.2) is 42.7 Å². The molecule has 0 aliphatic carbocycles. The maximum Gasteiger partial charge on any atom is 0.263 e. The second-order valence-electron chi connectivity index (χ2n) is 9.87. The summed E-state index contributed by atoms with van der Waals surface area (Å²) in [6, 6.07) is 18.2. The Labute approximate surface area is 229 Å². The largest absolute Gasteiger partial charge is 0.394 e. The lowest BCUT2D eigenvalue weighted by atomic mass is 9.94. The van der Waals surface area contributed by atoms with Crippen LogP contribution in [0.15, 0.2) is 83.8 Å². The number of nitrogens with zero attached hydrogens (tertiary/aromatic N) is 5. The maximum atomic E-state index is 12.3. The van der Waals surface area contributed by atoms with Gasteiger partial charge in [-0.05, 0) is 55.3 Å². The van der Waals surface area contributed by atoms with Crippen LogP contribution >= 0.6 is 0 Å². The standard InChI is InChI=1S/C29H26N8O3/c1-29(2)22-14-19(8-9-20(22)26(39)36-29)32-28-31-15-21(27-34-24(37-40-27)18-10-12-30-13-11-18)25(35-28)33-23(16-38)17-6-4-3-5-7-17/h3-15,23,38H,16H2,1-2H3,(H,36,39)(H2,31,32,33,35)/t23-/m1/s1. The summed E-state index contributed by atoms with van der Waals surface area (Å²) < 4.78 is 5.58. The van der Waals surface area contributed by atoms with Gasteiger partial charge in [-0.2, -0.15) is 9.97 Å². The Morgan fingerprint density at radius 1 is 1.02 bits per heavy atom. The van der Waals surface area contributed by atoms with Crippen molar-refractivity contribution in [1.29, 1.82) is 0 Å². The number of aromatic nitrogens is 5. The number of carbonyl (C=O) groups excluding carboxylic acids is 1. The minimum atomic E-state index is -0.490. The quantitative estimate of drug-likeness (QED) is 0.225. The highest BCUT2D eigenvalue weighted by Crippen LogP contribution is 2.34. The van der Waals surface area contributed by atoms with Crippen molar-refractivity contribution in [1.82, 2.24) is 30.4 Å². The fourth-order valence-electron chi connectivity index (χ4n) is 4.63. The van der Waals surface area contributed by atoms with E-state index in [4.69, 9.17) is 9.51 Å². The van der Waals surface area contributed by atoms with Crippen molar-refractivity contribution < 1.29 is 14.4 Å². The average Bonchev–Trinajstić information content (AvgIpc) is 3.55. The summed E-state index contributed by atoms with van der Waals surface area (Å²) in [6.45, 7) is 3.73. The van der Waals surface area contributed by atoms with E-state index in [0.29, 0.717) is 28.7 Å². The fraction of sp³-hybridized carbons (Fsp3) is 0.172. The minimum Gasteiger partial charge on any atom is -0.394 e. The van der Waals surface area contributed by atoms with Crippen LogP contribution in [0.1, 0.15) is 41.4 Å². The van der Waals surface area contributed by atoms with Gasteiger partial charge in [-0.3, -0.25) is 9.78 Å². The Balaban J connectivity index is 1.36. The molecule has 11 nitrogen and oxygen atoms in total. The molecule has 1 aliphatic rings. The van der Waals surface area contributed by atoms with E-state index in [-0.39, 0.29) is 18.4 Å². The number of fused-ring (bicyclic) bond motifs is 1. The lowest BCUT2D eigenvalue weighted by molar-refractivity contribution is 0.0940. The molecular formula is C29H26N8O3. The molecular weight excluding hydrogens is 508 g/mol. The first kappa shape index (κ1) is 25.1. The lowest BCUT2D eigenvalue weighted by Crippen LogP contribution is -2.32. The Morgan fingerprint density at radius 3 is 2.60 bits per heavy atom. The van der Waals surface area contributed by atoms with Crippen molar-refractivity contribution in [3.8, 4) is 22.8 Å². The van der Waals surface area contributed by atoms with Crippen LogP contribution in [0.25, 0.3) is 22.8 Å². The molecule has 1 atom stereocenters. The van der Waals surface area contributed by atoms with Crippen molar-refractivity contribution >= 4 is 23.4 Å². The van der Waals surface area contributed by atoms with Gasteiger partial charge in [-0.15, -0.1) is 0 Å². The molecule has 4 N–H and O–H groups in total. The molecule has 5 aromatic rings. The molecule has 0 saturated heterocycles. The summed E-state index contributed by atoms with van der Waals surface area (Å²) in [6.07, 6.45) is 4.89. The molecule has 11 heteroatoms. The predicted molar refractivity (Wildman–Crippen MR) is 149 cm³/mol. The monoisotopic (exact) mass is 534 g/mol. The molecule has 2 aromatic carbocycles. The Bertz CT molecular complexity index is 1670. The number of aliphatic hydroxyl groups excluding tert-OH is 1. The van der Waals surface area contributed by atoms with Gasteiger partial charge in [-0.1, -0.05) is 35.5 Å². The zero-order chi connectivity index (χ0) is 27.7. The number of pyridine rings is 1. The van der Waals surface area contributed by atoms with E-state index >= 15 is 0 Å².